The van der Waals surface area contributed by atoms with Crippen molar-refractivity contribution < 1.29 is 19.0 Å². The summed E-state index contributed by atoms with van der Waals surface area (Å²) in [6.07, 6.45) is 1.82. The van der Waals surface area contributed by atoms with E-state index >= 15 is 0 Å². The minimum atomic E-state index is -1.22. The van der Waals surface area contributed by atoms with E-state index in [1.54, 1.807) is 12.1 Å². The molecule has 94 valence electrons. The van der Waals surface area contributed by atoms with E-state index in [9.17, 15) is 9.50 Å². The summed E-state index contributed by atoms with van der Waals surface area (Å²) in [6.45, 7) is 0.112. The molecular formula is C13H17FO3. The van der Waals surface area contributed by atoms with E-state index < -0.39 is 11.4 Å². The van der Waals surface area contributed by atoms with Crippen molar-refractivity contribution in [1.82, 2.24) is 0 Å². The van der Waals surface area contributed by atoms with Crippen LogP contribution in [0.2, 0.25) is 0 Å². The van der Waals surface area contributed by atoms with Gasteiger partial charge in [0.1, 0.15) is 17.2 Å². The number of aliphatic hydroxyl groups is 1. The Bertz CT molecular complexity index is 404. The number of rotatable bonds is 5. The molecule has 0 saturated heterocycles. The molecule has 1 unspecified atom stereocenters. The van der Waals surface area contributed by atoms with Crippen molar-refractivity contribution in [2.75, 3.05) is 20.8 Å². The Morgan fingerprint density at radius 3 is 2.59 bits per heavy atom. The summed E-state index contributed by atoms with van der Waals surface area (Å²) < 4.78 is 23.9. The third-order valence-corrected chi connectivity index (χ3v) is 3.26. The molecule has 1 atom stereocenters. The third kappa shape index (κ3) is 2.28. The van der Waals surface area contributed by atoms with Crippen molar-refractivity contribution in [3.8, 4) is 5.75 Å². The van der Waals surface area contributed by atoms with Crippen LogP contribution in [0.1, 0.15) is 18.4 Å². The van der Waals surface area contributed by atoms with Crippen molar-refractivity contribution in [2.45, 2.75) is 18.4 Å². The maximum Gasteiger partial charge on any atom is 0.133 e. The lowest BCUT2D eigenvalue weighted by molar-refractivity contribution is -0.0556. The van der Waals surface area contributed by atoms with E-state index in [0.29, 0.717) is 11.3 Å². The molecular weight excluding hydrogens is 223 g/mol. The van der Waals surface area contributed by atoms with Crippen molar-refractivity contribution >= 4 is 0 Å². The van der Waals surface area contributed by atoms with Crippen molar-refractivity contribution in [3.63, 3.8) is 0 Å². The van der Waals surface area contributed by atoms with Gasteiger partial charge in [-0.15, -0.1) is 0 Å². The van der Waals surface area contributed by atoms with E-state index in [1.807, 2.05) is 0 Å². The Labute approximate surface area is 100 Å². The quantitative estimate of drug-likeness (QED) is 0.856. The molecule has 0 amide bonds. The number of ether oxygens (including phenoxy) is 2. The zero-order valence-corrected chi connectivity index (χ0v) is 10.1. The van der Waals surface area contributed by atoms with Gasteiger partial charge in [-0.3, -0.25) is 0 Å². The fraction of sp³-hybridized carbons (Fsp3) is 0.538. The first-order valence-corrected chi connectivity index (χ1v) is 5.67. The monoisotopic (exact) mass is 240 g/mol. The van der Waals surface area contributed by atoms with Gasteiger partial charge in [0, 0.05) is 18.7 Å². The predicted molar refractivity (Wildman–Crippen MR) is 61.4 cm³/mol. The molecule has 4 heteroatoms. The first-order valence-electron chi connectivity index (χ1n) is 5.67. The Balaban J connectivity index is 2.35. The van der Waals surface area contributed by atoms with E-state index in [-0.39, 0.29) is 12.5 Å². The molecule has 1 fully saturated rings. The minimum absolute atomic E-state index is 0.0883. The summed E-state index contributed by atoms with van der Waals surface area (Å²) in [5, 5.41) is 10.6. The van der Waals surface area contributed by atoms with Crippen LogP contribution in [0.4, 0.5) is 4.39 Å². The minimum Gasteiger partial charge on any atom is -0.497 e. The Morgan fingerprint density at radius 1 is 1.41 bits per heavy atom. The second-order valence-corrected chi connectivity index (χ2v) is 4.48. The van der Waals surface area contributed by atoms with Gasteiger partial charge in [-0.2, -0.15) is 0 Å². The van der Waals surface area contributed by atoms with Crippen LogP contribution in [0.25, 0.3) is 0 Å². The molecule has 0 aliphatic heterocycles. The molecule has 1 saturated carbocycles. The molecule has 1 aromatic carbocycles. The lowest BCUT2D eigenvalue weighted by atomic mass is 9.89. The summed E-state index contributed by atoms with van der Waals surface area (Å²) >= 11 is 0. The number of hydrogen-bond donors (Lipinski definition) is 1. The third-order valence-electron chi connectivity index (χ3n) is 3.26. The van der Waals surface area contributed by atoms with Gasteiger partial charge >= 0.3 is 0 Å². The molecule has 0 spiro atoms. The molecule has 0 bridgehead atoms. The Kier molecular flexibility index (Phi) is 3.35. The van der Waals surface area contributed by atoms with E-state index in [2.05, 4.69) is 0 Å². The largest absolute Gasteiger partial charge is 0.497 e. The second kappa shape index (κ2) is 4.63. The molecule has 0 aromatic heterocycles. The lowest BCUT2D eigenvalue weighted by Crippen LogP contribution is -2.34. The van der Waals surface area contributed by atoms with Crippen LogP contribution in [0.3, 0.4) is 0 Å². The van der Waals surface area contributed by atoms with Gasteiger partial charge < -0.3 is 14.6 Å². The Hall–Kier alpha value is -1.13. The molecule has 3 nitrogen and oxygen atoms in total. The molecule has 17 heavy (non-hydrogen) atoms. The summed E-state index contributed by atoms with van der Waals surface area (Å²) in [7, 11) is 2.99. The van der Waals surface area contributed by atoms with Gasteiger partial charge in [0.25, 0.3) is 0 Å². The summed E-state index contributed by atoms with van der Waals surface area (Å²) in [5.74, 6) is 0.0861. The second-order valence-electron chi connectivity index (χ2n) is 4.48. The molecule has 1 aliphatic carbocycles. The van der Waals surface area contributed by atoms with Gasteiger partial charge in [0.2, 0.25) is 0 Å². The summed E-state index contributed by atoms with van der Waals surface area (Å²) in [4.78, 5) is 0. The first kappa shape index (κ1) is 12.3. The predicted octanol–water partition coefficient (Wildman–Crippen LogP) is 2.08. The van der Waals surface area contributed by atoms with Crippen LogP contribution in [0.5, 0.6) is 5.75 Å². The van der Waals surface area contributed by atoms with E-state index in [0.717, 1.165) is 12.8 Å². The highest BCUT2D eigenvalue weighted by Gasteiger charge is 2.46. The van der Waals surface area contributed by atoms with Crippen LogP contribution in [0.15, 0.2) is 18.2 Å². The average Bonchev–Trinajstić information content (AvgIpc) is 3.13. The van der Waals surface area contributed by atoms with Crippen molar-refractivity contribution in [2.24, 2.45) is 5.92 Å². The SMILES string of the molecule is COCC(O)(c1ccc(OC)cc1F)C1CC1. The van der Waals surface area contributed by atoms with Gasteiger partial charge in [0.05, 0.1) is 13.7 Å². The van der Waals surface area contributed by atoms with E-state index in [1.165, 1.54) is 20.3 Å². The molecule has 2 rings (SSSR count). The van der Waals surface area contributed by atoms with Crippen molar-refractivity contribution in [1.29, 1.82) is 0 Å². The molecule has 1 N–H and O–H groups in total. The van der Waals surface area contributed by atoms with E-state index in [4.69, 9.17) is 9.47 Å². The summed E-state index contributed by atoms with van der Waals surface area (Å²) in [5.41, 5.74) is -0.923. The van der Waals surface area contributed by atoms with Crippen molar-refractivity contribution in [3.05, 3.63) is 29.6 Å². The fourth-order valence-corrected chi connectivity index (χ4v) is 2.17. The van der Waals surface area contributed by atoms with Crippen LogP contribution in [0, 0.1) is 11.7 Å². The average molecular weight is 240 g/mol. The highest BCUT2D eigenvalue weighted by Crippen LogP contribution is 2.46. The summed E-state index contributed by atoms with van der Waals surface area (Å²) in [6, 6.07) is 4.52. The number of hydrogen-bond acceptors (Lipinski definition) is 3. The van der Waals surface area contributed by atoms with Gasteiger partial charge in [-0.1, -0.05) is 0 Å². The van der Waals surface area contributed by atoms with Gasteiger partial charge in [0.15, 0.2) is 0 Å². The standard InChI is InChI=1S/C13H17FO3/c1-16-8-13(15,9-3-4-9)11-6-5-10(17-2)7-12(11)14/h5-7,9,15H,3-4,8H2,1-2H3. The zero-order valence-electron chi connectivity index (χ0n) is 10.1. The topological polar surface area (TPSA) is 38.7 Å². The number of halogens is 1. The maximum atomic E-state index is 13.9. The highest BCUT2D eigenvalue weighted by atomic mass is 19.1. The lowest BCUT2D eigenvalue weighted by Gasteiger charge is -2.28. The first-order chi connectivity index (χ1) is 8.11. The van der Waals surface area contributed by atoms with Crippen LogP contribution in [-0.2, 0) is 10.3 Å². The zero-order chi connectivity index (χ0) is 12.5. The highest BCUT2D eigenvalue weighted by molar-refractivity contribution is 5.34. The smallest absolute Gasteiger partial charge is 0.133 e. The molecule has 0 heterocycles. The number of methoxy groups -OCH3 is 2. The van der Waals surface area contributed by atoms with Crippen LogP contribution < -0.4 is 4.74 Å². The molecule has 1 aromatic rings. The van der Waals surface area contributed by atoms with Crippen LogP contribution in [-0.4, -0.2) is 25.9 Å². The normalized spacial score (nSPS) is 18.8. The Morgan fingerprint density at radius 2 is 2.12 bits per heavy atom. The molecule has 1 aliphatic rings. The molecule has 0 radical (unpaired) electrons. The fourth-order valence-electron chi connectivity index (χ4n) is 2.17. The van der Waals surface area contributed by atoms with Gasteiger partial charge in [-0.05, 0) is 30.9 Å². The van der Waals surface area contributed by atoms with Crippen LogP contribution >= 0.6 is 0 Å². The maximum absolute atomic E-state index is 13.9. The number of benzene rings is 1. The van der Waals surface area contributed by atoms with Gasteiger partial charge in [-0.25, -0.2) is 4.39 Å².